The molecule has 0 atom stereocenters. The maximum atomic E-state index is 12.7. The highest BCUT2D eigenvalue weighted by Crippen LogP contribution is 2.25. The largest absolute Gasteiger partial charge is 0.505 e. The second-order valence-electron chi connectivity index (χ2n) is 2.30. The molecule has 0 radical (unpaired) electrons. The molecule has 0 fully saturated rings. The number of alkyl halides is 2. The Kier molecular flexibility index (Phi) is 2.95. The third-order valence-corrected chi connectivity index (χ3v) is 1.55. The van der Waals surface area contributed by atoms with Crippen LogP contribution >= 0.6 is 11.6 Å². The number of carbonyl (C=O) groups excluding carboxylic acids is 1. The summed E-state index contributed by atoms with van der Waals surface area (Å²) >= 11 is 4.91. The number of aromatic hydroxyl groups is 1. The molecule has 7 heteroatoms. The Bertz CT molecular complexity index is 383. The summed E-state index contributed by atoms with van der Waals surface area (Å²) in [5.41, 5.74) is -2.00. The number of aromatic nitrogens is 1. The molecule has 1 N–H and O–H groups in total. The van der Waals surface area contributed by atoms with Gasteiger partial charge in [0.25, 0.3) is 11.7 Å². The van der Waals surface area contributed by atoms with Gasteiger partial charge in [0.1, 0.15) is 11.4 Å². The van der Waals surface area contributed by atoms with Crippen molar-refractivity contribution in [2.75, 3.05) is 0 Å². The highest BCUT2D eigenvalue weighted by Gasteiger charge is 2.21. The van der Waals surface area contributed by atoms with Crippen molar-refractivity contribution < 1.29 is 23.1 Å². The quantitative estimate of drug-likeness (QED) is 0.786. The Hall–Kier alpha value is -1.30. The molecule has 0 bridgehead atoms. The molecule has 0 saturated heterocycles. The number of hydrogen-bond acceptors (Lipinski definition) is 3. The first kappa shape index (κ1) is 10.8. The molecule has 3 nitrogen and oxygen atoms in total. The Morgan fingerprint density at radius 2 is 2.14 bits per heavy atom. The molecule has 0 spiro atoms. The van der Waals surface area contributed by atoms with E-state index < -0.39 is 34.6 Å². The second kappa shape index (κ2) is 3.83. The van der Waals surface area contributed by atoms with E-state index in [1.165, 1.54) is 0 Å². The van der Waals surface area contributed by atoms with E-state index in [0.29, 0.717) is 6.07 Å². The van der Waals surface area contributed by atoms with Gasteiger partial charge in [-0.25, -0.2) is 18.2 Å². The van der Waals surface area contributed by atoms with Gasteiger partial charge in [0, 0.05) is 6.07 Å². The van der Waals surface area contributed by atoms with Crippen molar-refractivity contribution >= 4 is 16.8 Å². The van der Waals surface area contributed by atoms with E-state index >= 15 is 0 Å². The molecule has 1 rings (SSSR count). The number of pyridine rings is 1. The molecule has 0 amide bonds. The zero-order valence-corrected chi connectivity index (χ0v) is 7.23. The highest BCUT2D eigenvalue weighted by atomic mass is 35.5. The Labute approximate surface area is 81.1 Å². The molecular weight excluding hydrogens is 223 g/mol. The van der Waals surface area contributed by atoms with Crippen LogP contribution in [0.25, 0.3) is 0 Å². The van der Waals surface area contributed by atoms with Crippen LogP contribution in [0.5, 0.6) is 5.75 Å². The van der Waals surface area contributed by atoms with E-state index in [9.17, 15) is 18.0 Å². The lowest BCUT2D eigenvalue weighted by Crippen LogP contribution is -2.03. The third-order valence-electron chi connectivity index (χ3n) is 1.38. The molecule has 1 aromatic heterocycles. The van der Waals surface area contributed by atoms with Crippen LogP contribution in [-0.4, -0.2) is 15.3 Å². The van der Waals surface area contributed by atoms with Gasteiger partial charge >= 0.3 is 0 Å². The van der Waals surface area contributed by atoms with E-state index in [4.69, 9.17) is 16.7 Å². The van der Waals surface area contributed by atoms with E-state index in [2.05, 4.69) is 4.98 Å². The van der Waals surface area contributed by atoms with Crippen LogP contribution in [0.3, 0.4) is 0 Å². The summed E-state index contributed by atoms with van der Waals surface area (Å²) in [6, 6.07) is 0.365. The predicted molar refractivity (Wildman–Crippen MR) is 41.0 cm³/mol. The topological polar surface area (TPSA) is 50.2 Å². The molecule has 0 aliphatic heterocycles. The van der Waals surface area contributed by atoms with Crippen LogP contribution in [0.4, 0.5) is 13.2 Å². The number of nitrogens with zero attached hydrogens (tertiary/aromatic N) is 1. The molecule has 14 heavy (non-hydrogen) atoms. The van der Waals surface area contributed by atoms with Crippen LogP contribution in [-0.2, 0) is 0 Å². The van der Waals surface area contributed by atoms with Crippen molar-refractivity contribution in [1.82, 2.24) is 4.98 Å². The smallest absolute Gasteiger partial charge is 0.283 e. The van der Waals surface area contributed by atoms with E-state index in [0.717, 1.165) is 0 Å². The average Bonchev–Trinajstić information content (AvgIpc) is 2.02. The Morgan fingerprint density at radius 3 is 2.57 bits per heavy atom. The molecule has 76 valence electrons. The molecule has 1 aromatic rings. The Morgan fingerprint density at radius 1 is 1.57 bits per heavy atom. The van der Waals surface area contributed by atoms with Crippen molar-refractivity contribution in [1.29, 1.82) is 0 Å². The van der Waals surface area contributed by atoms with Gasteiger partial charge in [-0.3, -0.25) is 4.79 Å². The van der Waals surface area contributed by atoms with Gasteiger partial charge in [-0.2, -0.15) is 0 Å². The second-order valence-corrected chi connectivity index (χ2v) is 2.64. The van der Waals surface area contributed by atoms with Crippen LogP contribution in [0, 0.1) is 5.82 Å². The molecule has 0 unspecified atom stereocenters. The first-order chi connectivity index (χ1) is 6.43. The molecular formula is C7H3ClF3NO2. The van der Waals surface area contributed by atoms with E-state index in [1.807, 2.05) is 0 Å². The Balaban J connectivity index is 3.34. The van der Waals surface area contributed by atoms with Crippen LogP contribution in [0.2, 0.25) is 0 Å². The van der Waals surface area contributed by atoms with E-state index in [-0.39, 0.29) is 0 Å². The lowest BCUT2D eigenvalue weighted by atomic mass is 10.3. The fourth-order valence-corrected chi connectivity index (χ4v) is 0.930. The monoisotopic (exact) mass is 225 g/mol. The van der Waals surface area contributed by atoms with Gasteiger partial charge in [-0.1, -0.05) is 0 Å². The summed E-state index contributed by atoms with van der Waals surface area (Å²) in [4.78, 5) is 13.4. The zero-order chi connectivity index (χ0) is 10.9. The minimum absolute atomic E-state index is 0.365. The summed E-state index contributed by atoms with van der Waals surface area (Å²) < 4.78 is 36.8. The summed E-state index contributed by atoms with van der Waals surface area (Å²) in [5.74, 6) is -2.26. The van der Waals surface area contributed by atoms with Gasteiger partial charge < -0.3 is 5.11 Å². The predicted octanol–water partition coefficient (Wildman–Crippen LogP) is 2.24. The van der Waals surface area contributed by atoms with Gasteiger partial charge in [0.05, 0.1) is 0 Å². The van der Waals surface area contributed by atoms with Gasteiger partial charge in [0.2, 0.25) is 0 Å². The lowest BCUT2D eigenvalue weighted by Gasteiger charge is -2.03. The number of rotatable bonds is 2. The fraction of sp³-hybridized carbons (Fsp3) is 0.143. The maximum absolute atomic E-state index is 12.7. The molecule has 0 aliphatic rings. The van der Waals surface area contributed by atoms with Crippen molar-refractivity contribution in [3.05, 3.63) is 23.3 Å². The minimum Gasteiger partial charge on any atom is -0.505 e. The number of halogens is 4. The normalized spacial score (nSPS) is 10.6. The number of hydrogen-bond donors (Lipinski definition) is 1. The van der Waals surface area contributed by atoms with Crippen molar-refractivity contribution in [2.45, 2.75) is 6.43 Å². The van der Waals surface area contributed by atoms with Crippen molar-refractivity contribution in [2.24, 2.45) is 0 Å². The molecule has 0 saturated carbocycles. The first-order valence-electron chi connectivity index (χ1n) is 3.31. The van der Waals surface area contributed by atoms with Gasteiger partial charge in [-0.15, -0.1) is 0 Å². The van der Waals surface area contributed by atoms with Gasteiger partial charge in [-0.05, 0) is 11.6 Å². The fourth-order valence-electron chi connectivity index (χ4n) is 0.791. The van der Waals surface area contributed by atoms with Crippen LogP contribution < -0.4 is 0 Å². The molecule has 0 aliphatic carbocycles. The third kappa shape index (κ3) is 1.95. The minimum atomic E-state index is -3.18. The highest BCUT2D eigenvalue weighted by molar-refractivity contribution is 6.67. The SMILES string of the molecule is O=C(Cl)c1nc(C(F)F)c(F)cc1O. The standard InChI is InChI=1S/C7H3ClF3NO2/c8-6(14)5-3(13)1-2(9)4(12-5)7(10)11/h1,7,13H. The maximum Gasteiger partial charge on any atom is 0.283 e. The summed E-state index contributed by atoms with van der Waals surface area (Å²) in [6.45, 7) is 0. The van der Waals surface area contributed by atoms with Crippen LogP contribution in [0.1, 0.15) is 22.6 Å². The summed E-state index contributed by atoms with van der Waals surface area (Å²) in [7, 11) is 0. The zero-order valence-electron chi connectivity index (χ0n) is 6.47. The van der Waals surface area contributed by atoms with Crippen LogP contribution in [0.15, 0.2) is 6.07 Å². The molecule has 1 heterocycles. The number of carbonyl (C=O) groups is 1. The summed E-state index contributed by atoms with van der Waals surface area (Å²) in [6.07, 6.45) is -3.18. The van der Waals surface area contributed by atoms with E-state index in [1.54, 1.807) is 0 Å². The lowest BCUT2D eigenvalue weighted by molar-refractivity contribution is 0.107. The first-order valence-corrected chi connectivity index (χ1v) is 3.68. The summed E-state index contributed by atoms with van der Waals surface area (Å²) in [5, 5.41) is 7.68. The average molecular weight is 226 g/mol. The van der Waals surface area contributed by atoms with Gasteiger partial charge in [0.15, 0.2) is 11.5 Å². The molecule has 0 aromatic carbocycles. The van der Waals surface area contributed by atoms with Crippen molar-refractivity contribution in [3.63, 3.8) is 0 Å². The van der Waals surface area contributed by atoms with Crippen molar-refractivity contribution in [3.8, 4) is 5.75 Å².